The lowest BCUT2D eigenvalue weighted by Gasteiger charge is -2.49. The molecule has 1 aliphatic rings. The third-order valence-corrected chi connectivity index (χ3v) is 4.94. The Morgan fingerprint density at radius 2 is 1.95 bits per heavy atom. The first-order valence-electron chi connectivity index (χ1n) is 6.85. The number of nitrogens with two attached hydrogens (primary N) is 1. The number of hydrogen-bond donors (Lipinski definition) is 1. The molecule has 0 aromatic heterocycles. The first-order valence-corrected chi connectivity index (χ1v) is 7.65. The highest BCUT2D eigenvalue weighted by atomic mass is 79.9. The van der Waals surface area contributed by atoms with Crippen LogP contribution in [0, 0.1) is 0 Å². The number of likely N-dealkylation sites (N-methyl/N-ethyl adjacent to an activating group) is 2. The lowest BCUT2D eigenvalue weighted by molar-refractivity contribution is 0.0683. The molecule has 0 unspecified atom stereocenters. The molecule has 1 aromatic rings. The average molecular weight is 326 g/mol. The molecule has 0 amide bonds. The van der Waals surface area contributed by atoms with Gasteiger partial charge < -0.3 is 15.5 Å². The van der Waals surface area contributed by atoms with Gasteiger partial charge in [-0.05, 0) is 51.1 Å². The summed E-state index contributed by atoms with van der Waals surface area (Å²) in [6.07, 6.45) is 3.92. The van der Waals surface area contributed by atoms with Gasteiger partial charge in [-0.3, -0.25) is 0 Å². The van der Waals surface area contributed by atoms with Crippen LogP contribution in [0.2, 0.25) is 0 Å². The van der Waals surface area contributed by atoms with E-state index in [1.807, 2.05) is 0 Å². The molecule has 0 atom stereocenters. The number of anilines is 1. The summed E-state index contributed by atoms with van der Waals surface area (Å²) in [5.74, 6) is 0. The molecule has 106 valence electrons. The highest BCUT2D eigenvalue weighted by Gasteiger charge is 2.40. The normalized spacial score (nSPS) is 17.4. The Balaban J connectivity index is 2.19. The molecule has 1 fully saturated rings. The van der Waals surface area contributed by atoms with Crippen molar-refractivity contribution in [2.45, 2.75) is 31.3 Å². The minimum absolute atomic E-state index is 0.336. The van der Waals surface area contributed by atoms with Gasteiger partial charge in [0.1, 0.15) is 0 Å². The van der Waals surface area contributed by atoms with Crippen molar-refractivity contribution in [3.05, 3.63) is 28.2 Å². The van der Waals surface area contributed by atoms with Crippen molar-refractivity contribution in [3.63, 3.8) is 0 Å². The topological polar surface area (TPSA) is 32.5 Å². The van der Waals surface area contributed by atoms with Crippen LogP contribution in [0.15, 0.2) is 22.7 Å². The van der Waals surface area contributed by atoms with E-state index < -0.39 is 0 Å². The standard InChI is InChI=1S/C15H24BrN3/c1-18(2)15(7-4-8-15)11-19(3)14-9-13(16)6-5-12(14)10-17/h5-6,9H,4,7-8,10-11,17H2,1-3H3. The number of benzene rings is 1. The van der Waals surface area contributed by atoms with Gasteiger partial charge in [0.25, 0.3) is 0 Å². The summed E-state index contributed by atoms with van der Waals surface area (Å²) in [4.78, 5) is 4.74. The van der Waals surface area contributed by atoms with Crippen LogP contribution in [0.25, 0.3) is 0 Å². The summed E-state index contributed by atoms with van der Waals surface area (Å²) in [5.41, 5.74) is 8.64. The molecule has 1 saturated carbocycles. The Kier molecular flexibility index (Phi) is 4.54. The van der Waals surface area contributed by atoms with Crippen LogP contribution >= 0.6 is 15.9 Å². The van der Waals surface area contributed by atoms with E-state index in [1.165, 1.54) is 30.5 Å². The third-order valence-electron chi connectivity index (χ3n) is 4.44. The van der Waals surface area contributed by atoms with Crippen molar-refractivity contribution in [2.75, 3.05) is 32.6 Å². The molecular weight excluding hydrogens is 302 g/mol. The van der Waals surface area contributed by atoms with Gasteiger partial charge in [0.2, 0.25) is 0 Å². The minimum Gasteiger partial charge on any atom is -0.372 e. The molecule has 2 N–H and O–H groups in total. The van der Waals surface area contributed by atoms with Crippen LogP contribution in [-0.4, -0.2) is 38.1 Å². The molecule has 0 radical (unpaired) electrons. The molecule has 0 saturated heterocycles. The molecule has 4 heteroatoms. The van der Waals surface area contributed by atoms with Crippen LogP contribution in [0.1, 0.15) is 24.8 Å². The van der Waals surface area contributed by atoms with Gasteiger partial charge in [-0.1, -0.05) is 22.0 Å². The smallest absolute Gasteiger partial charge is 0.0421 e. The lowest BCUT2D eigenvalue weighted by Crippen LogP contribution is -2.56. The number of rotatable bonds is 5. The summed E-state index contributed by atoms with van der Waals surface area (Å²) < 4.78 is 1.11. The van der Waals surface area contributed by atoms with E-state index in [4.69, 9.17) is 5.73 Å². The van der Waals surface area contributed by atoms with Crippen molar-refractivity contribution >= 4 is 21.6 Å². The summed E-state index contributed by atoms with van der Waals surface area (Å²) in [6, 6.07) is 6.34. The van der Waals surface area contributed by atoms with Gasteiger partial charge in [-0.25, -0.2) is 0 Å². The first-order chi connectivity index (χ1) is 8.98. The molecule has 3 nitrogen and oxygen atoms in total. The number of nitrogens with zero attached hydrogens (tertiary/aromatic N) is 2. The van der Waals surface area contributed by atoms with Crippen LogP contribution in [-0.2, 0) is 6.54 Å². The van der Waals surface area contributed by atoms with Crippen molar-refractivity contribution in [2.24, 2.45) is 5.73 Å². The monoisotopic (exact) mass is 325 g/mol. The van der Waals surface area contributed by atoms with Crippen molar-refractivity contribution in [3.8, 4) is 0 Å². The van der Waals surface area contributed by atoms with Gasteiger partial charge in [-0.15, -0.1) is 0 Å². The largest absolute Gasteiger partial charge is 0.372 e. The molecule has 0 spiro atoms. The van der Waals surface area contributed by atoms with E-state index in [0.29, 0.717) is 12.1 Å². The van der Waals surface area contributed by atoms with Crippen LogP contribution in [0.4, 0.5) is 5.69 Å². The van der Waals surface area contributed by atoms with Gasteiger partial charge >= 0.3 is 0 Å². The zero-order valence-corrected chi connectivity index (χ0v) is 13.7. The summed E-state index contributed by atoms with van der Waals surface area (Å²) in [6.45, 7) is 1.64. The Bertz CT molecular complexity index is 441. The SMILES string of the molecule is CN(CC1(N(C)C)CCC1)c1cc(Br)ccc1CN. The van der Waals surface area contributed by atoms with Crippen molar-refractivity contribution in [1.29, 1.82) is 0 Å². The maximum Gasteiger partial charge on any atom is 0.0421 e. The summed E-state index contributed by atoms with van der Waals surface area (Å²) in [7, 11) is 6.56. The van der Waals surface area contributed by atoms with E-state index in [-0.39, 0.29) is 0 Å². The predicted octanol–water partition coefficient (Wildman–Crippen LogP) is 2.83. The molecule has 2 rings (SSSR count). The Morgan fingerprint density at radius 3 is 2.42 bits per heavy atom. The van der Waals surface area contributed by atoms with E-state index in [0.717, 1.165) is 11.0 Å². The second-order valence-electron chi connectivity index (χ2n) is 5.81. The molecule has 19 heavy (non-hydrogen) atoms. The predicted molar refractivity (Wildman–Crippen MR) is 85.6 cm³/mol. The van der Waals surface area contributed by atoms with Gasteiger partial charge in [-0.2, -0.15) is 0 Å². The van der Waals surface area contributed by atoms with Crippen LogP contribution in [0.5, 0.6) is 0 Å². The van der Waals surface area contributed by atoms with Gasteiger partial charge in [0, 0.05) is 35.8 Å². The number of hydrogen-bond acceptors (Lipinski definition) is 3. The Hall–Kier alpha value is -0.580. The maximum absolute atomic E-state index is 5.86. The quantitative estimate of drug-likeness (QED) is 0.903. The van der Waals surface area contributed by atoms with E-state index in [9.17, 15) is 0 Å². The third kappa shape index (κ3) is 2.96. The van der Waals surface area contributed by atoms with Crippen LogP contribution < -0.4 is 10.6 Å². The first kappa shape index (κ1) is 14.8. The van der Waals surface area contributed by atoms with E-state index in [1.54, 1.807) is 0 Å². The second-order valence-corrected chi connectivity index (χ2v) is 6.72. The second kappa shape index (κ2) is 5.81. The highest BCUT2D eigenvalue weighted by molar-refractivity contribution is 9.10. The van der Waals surface area contributed by atoms with E-state index in [2.05, 4.69) is 65.1 Å². The molecule has 0 aliphatic heterocycles. The molecule has 0 heterocycles. The number of halogens is 1. The minimum atomic E-state index is 0.336. The fraction of sp³-hybridized carbons (Fsp3) is 0.600. The van der Waals surface area contributed by atoms with E-state index >= 15 is 0 Å². The molecule has 1 aromatic carbocycles. The maximum atomic E-state index is 5.86. The lowest BCUT2D eigenvalue weighted by atomic mass is 9.75. The summed E-state index contributed by atoms with van der Waals surface area (Å²) >= 11 is 3.56. The van der Waals surface area contributed by atoms with Crippen molar-refractivity contribution < 1.29 is 0 Å². The van der Waals surface area contributed by atoms with Crippen molar-refractivity contribution in [1.82, 2.24) is 4.90 Å². The highest BCUT2D eigenvalue weighted by Crippen LogP contribution is 2.38. The fourth-order valence-electron chi connectivity index (χ4n) is 2.92. The van der Waals surface area contributed by atoms with Gasteiger partial charge in [0.05, 0.1) is 0 Å². The Morgan fingerprint density at radius 1 is 1.26 bits per heavy atom. The molecule has 1 aliphatic carbocycles. The zero-order valence-electron chi connectivity index (χ0n) is 12.1. The van der Waals surface area contributed by atoms with Gasteiger partial charge in [0.15, 0.2) is 0 Å². The average Bonchev–Trinajstić information content (AvgIpc) is 2.33. The van der Waals surface area contributed by atoms with Crippen LogP contribution in [0.3, 0.4) is 0 Å². The molecule has 0 bridgehead atoms. The summed E-state index contributed by atoms with van der Waals surface area (Å²) in [5, 5.41) is 0. The zero-order chi connectivity index (χ0) is 14.0. The Labute approximate surface area is 124 Å². The molecular formula is C15H24BrN3. The fourth-order valence-corrected chi connectivity index (χ4v) is 3.27.